The summed E-state index contributed by atoms with van der Waals surface area (Å²) < 4.78 is 13.2. The van der Waals surface area contributed by atoms with Gasteiger partial charge in [0, 0.05) is 25.6 Å². The summed E-state index contributed by atoms with van der Waals surface area (Å²) in [5, 5.41) is 13.1. The second-order valence-corrected chi connectivity index (χ2v) is 10.9. The van der Waals surface area contributed by atoms with Crippen LogP contribution >= 0.6 is 0 Å². The Morgan fingerprint density at radius 2 is 1.89 bits per heavy atom. The second-order valence-electron chi connectivity index (χ2n) is 10.9. The number of hydrogen-bond acceptors (Lipinski definition) is 9. The normalized spacial score (nSPS) is 21.1. The molecule has 1 saturated heterocycles. The molecule has 0 radical (unpaired) electrons. The molecule has 3 heterocycles. The largest absolute Gasteiger partial charge is 0.446 e. The third-order valence-electron chi connectivity index (χ3n) is 7.82. The zero-order valence-electron chi connectivity index (χ0n) is 22.2. The lowest BCUT2D eigenvalue weighted by Crippen LogP contribution is -2.44. The van der Waals surface area contributed by atoms with Gasteiger partial charge in [-0.3, -0.25) is 9.36 Å². The molecule has 12 heteroatoms. The fourth-order valence-corrected chi connectivity index (χ4v) is 4.99. The maximum absolute atomic E-state index is 12.6. The van der Waals surface area contributed by atoms with Crippen molar-refractivity contribution < 1.29 is 24.2 Å². The predicted molar refractivity (Wildman–Crippen MR) is 139 cm³/mol. The second kappa shape index (κ2) is 11.4. The van der Waals surface area contributed by atoms with E-state index in [2.05, 4.69) is 15.3 Å². The first kappa shape index (κ1) is 26.6. The van der Waals surface area contributed by atoms with E-state index in [1.54, 1.807) is 17.8 Å². The highest BCUT2D eigenvalue weighted by molar-refractivity contribution is 5.82. The molecule has 2 amide bonds. The number of imidazole rings is 1. The zero-order valence-corrected chi connectivity index (χ0v) is 22.2. The third-order valence-corrected chi connectivity index (χ3v) is 7.82. The molecule has 5 rings (SSSR count). The number of aryl methyl sites for hydroxylation is 1. The number of amides is 2. The number of aliphatic hydroxyl groups is 1. The third kappa shape index (κ3) is 6.17. The van der Waals surface area contributed by atoms with Gasteiger partial charge in [-0.2, -0.15) is 0 Å². The number of carbonyl (C=O) groups excluding carboxylic acids is 2. The van der Waals surface area contributed by atoms with Crippen LogP contribution in [-0.4, -0.2) is 79.0 Å². The van der Waals surface area contributed by atoms with Crippen molar-refractivity contribution >= 4 is 29.0 Å². The highest BCUT2D eigenvalue weighted by atomic mass is 16.6. The first-order valence-electron chi connectivity index (χ1n) is 13.9. The Morgan fingerprint density at radius 3 is 2.53 bits per heavy atom. The number of piperidine rings is 1. The smallest absolute Gasteiger partial charge is 0.410 e. The highest BCUT2D eigenvalue weighted by Gasteiger charge is 2.33. The molecule has 0 spiro atoms. The Hall–Kier alpha value is -2.99. The maximum atomic E-state index is 12.6. The van der Waals surface area contributed by atoms with Gasteiger partial charge in [0.15, 0.2) is 17.6 Å². The minimum absolute atomic E-state index is 0.108. The first-order chi connectivity index (χ1) is 18.3. The molecule has 1 unspecified atom stereocenters. The van der Waals surface area contributed by atoms with Crippen LogP contribution in [0.2, 0.25) is 0 Å². The van der Waals surface area contributed by atoms with Crippen LogP contribution in [0.1, 0.15) is 77.3 Å². The van der Waals surface area contributed by atoms with E-state index in [4.69, 9.17) is 20.2 Å². The topological polar surface area (TPSA) is 158 Å². The van der Waals surface area contributed by atoms with Crippen LogP contribution in [0.5, 0.6) is 0 Å². The number of aromatic nitrogens is 4. The van der Waals surface area contributed by atoms with Crippen LogP contribution < -0.4 is 11.1 Å². The number of nitrogens with two attached hydrogens (primary N) is 1. The average Bonchev–Trinajstić information content (AvgIpc) is 3.57. The van der Waals surface area contributed by atoms with Crippen LogP contribution in [0, 0.1) is 5.92 Å². The number of nitrogen functional groups attached to an aromatic ring is 1. The van der Waals surface area contributed by atoms with Gasteiger partial charge in [-0.05, 0) is 71.1 Å². The zero-order chi connectivity index (χ0) is 26.8. The molecule has 4 N–H and O–H groups in total. The summed E-state index contributed by atoms with van der Waals surface area (Å²) in [5.41, 5.74) is 7.22. The van der Waals surface area contributed by atoms with Crippen LogP contribution in [0.25, 0.3) is 11.2 Å². The van der Waals surface area contributed by atoms with Gasteiger partial charge in [0.1, 0.15) is 23.7 Å². The number of carbonyl (C=O) groups is 2. The van der Waals surface area contributed by atoms with Gasteiger partial charge < -0.3 is 30.5 Å². The molecule has 2 aromatic rings. The van der Waals surface area contributed by atoms with E-state index in [0.29, 0.717) is 48.2 Å². The lowest BCUT2D eigenvalue weighted by molar-refractivity contribution is -0.150. The highest BCUT2D eigenvalue weighted by Crippen LogP contribution is 2.27. The number of likely N-dealkylation sites (tertiary alicyclic amines) is 1. The summed E-state index contributed by atoms with van der Waals surface area (Å²) >= 11 is 0. The molecule has 3 fully saturated rings. The van der Waals surface area contributed by atoms with Crippen molar-refractivity contribution in [2.45, 2.75) is 102 Å². The van der Waals surface area contributed by atoms with Gasteiger partial charge in [0.2, 0.25) is 0 Å². The summed E-state index contributed by atoms with van der Waals surface area (Å²) in [6.45, 7) is 4.73. The van der Waals surface area contributed by atoms with Crippen molar-refractivity contribution in [3.05, 3.63) is 12.2 Å². The standard InChI is InChI=1S/C26H39N7O5/c1-15(34)22(25(35)29-18-7-8-18)37-16(2)33-14-28-21-23(27)30-20(31-24(21)33)9-6-17-10-12-32(13-11-17)26(36)38-19-4-3-5-19/h14-19,22,34H,3-13H2,1-2H3,(H,29,35)(H2,27,30,31)/t15?,16-,22+/m1/s1. The fourth-order valence-electron chi connectivity index (χ4n) is 4.99. The van der Waals surface area contributed by atoms with Crippen molar-refractivity contribution in [1.29, 1.82) is 0 Å². The van der Waals surface area contributed by atoms with Crippen molar-refractivity contribution in [2.24, 2.45) is 5.92 Å². The van der Waals surface area contributed by atoms with Crippen molar-refractivity contribution in [1.82, 2.24) is 29.7 Å². The van der Waals surface area contributed by atoms with Gasteiger partial charge >= 0.3 is 6.09 Å². The number of nitrogens with zero attached hydrogens (tertiary/aromatic N) is 5. The summed E-state index contributed by atoms with van der Waals surface area (Å²) in [6.07, 6.45) is 7.28. The van der Waals surface area contributed by atoms with Crippen LogP contribution in [-0.2, 0) is 20.7 Å². The molecule has 0 aromatic carbocycles. The Bertz CT molecular complexity index is 1140. The van der Waals surface area contributed by atoms with Crippen molar-refractivity contribution in [3.8, 4) is 0 Å². The Kier molecular flexibility index (Phi) is 7.98. The SMILES string of the molecule is CC(O)[C@H](O[C@H](C)n1cnc2c(N)nc(CCC3CCN(C(=O)OC4CCC4)CC3)nc21)C(=O)NC1CC1. The molecule has 208 valence electrons. The minimum Gasteiger partial charge on any atom is -0.446 e. The van der Waals surface area contributed by atoms with Crippen molar-refractivity contribution in [3.63, 3.8) is 0 Å². The van der Waals surface area contributed by atoms with Gasteiger partial charge in [0.25, 0.3) is 5.91 Å². The molecule has 0 bridgehead atoms. The van der Waals surface area contributed by atoms with E-state index in [1.165, 1.54) is 6.92 Å². The van der Waals surface area contributed by atoms with E-state index in [1.807, 2.05) is 4.90 Å². The average molecular weight is 530 g/mol. The monoisotopic (exact) mass is 529 g/mol. The van der Waals surface area contributed by atoms with E-state index in [-0.39, 0.29) is 24.1 Å². The number of ether oxygens (including phenoxy) is 2. The van der Waals surface area contributed by atoms with Crippen LogP contribution in [0.3, 0.4) is 0 Å². The summed E-state index contributed by atoms with van der Waals surface area (Å²) in [4.78, 5) is 40.3. The summed E-state index contributed by atoms with van der Waals surface area (Å²) in [5.74, 6) is 1.06. The molecule has 2 saturated carbocycles. The summed E-state index contributed by atoms with van der Waals surface area (Å²) in [7, 11) is 0. The molecule has 1 aliphatic heterocycles. The Balaban J connectivity index is 1.18. The Morgan fingerprint density at radius 1 is 1.16 bits per heavy atom. The molecule has 3 atom stereocenters. The maximum Gasteiger partial charge on any atom is 0.410 e. The molecule has 38 heavy (non-hydrogen) atoms. The number of rotatable bonds is 10. The van der Waals surface area contributed by atoms with E-state index in [0.717, 1.165) is 51.4 Å². The lowest BCUT2D eigenvalue weighted by Gasteiger charge is -2.34. The van der Waals surface area contributed by atoms with Gasteiger partial charge in [-0.25, -0.2) is 19.7 Å². The number of anilines is 1. The van der Waals surface area contributed by atoms with E-state index >= 15 is 0 Å². The first-order valence-corrected chi connectivity index (χ1v) is 13.9. The number of hydrogen-bond donors (Lipinski definition) is 3. The summed E-state index contributed by atoms with van der Waals surface area (Å²) in [6, 6.07) is 0.167. The van der Waals surface area contributed by atoms with E-state index < -0.39 is 18.4 Å². The Labute approximate surface area is 222 Å². The van der Waals surface area contributed by atoms with Gasteiger partial charge in [0.05, 0.1) is 12.4 Å². The lowest BCUT2D eigenvalue weighted by atomic mass is 9.92. The minimum atomic E-state index is -1.02. The van der Waals surface area contributed by atoms with Crippen LogP contribution in [0.15, 0.2) is 6.33 Å². The molecular weight excluding hydrogens is 490 g/mol. The molecule has 2 aliphatic carbocycles. The number of nitrogens with one attached hydrogen (secondary N) is 1. The molecule has 2 aromatic heterocycles. The van der Waals surface area contributed by atoms with Gasteiger partial charge in [-0.1, -0.05) is 0 Å². The quantitative estimate of drug-likeness (QED) is 0.420. The van der Waals surface area contributed by atoms with Crippen LogP contribution in [0.4, 0.5) is 10.6 Å². The van der Waals surface area contributed by atoms with Gasteiger partial charge in [-0.15, -0.1) is 0 Å². The number of aliphatic hydroxyl groups excluding tert-OH is 1. The van der Waals surface area contributed by atoms with E-state index in [9.17, 15) is 14.7 Å². The predicted octanol–water partition coefficient (Wildman–Crippen LogP) is 2.31. The molecular formula is C26H39N7O5. The fraction of sp³-hybridized carbons (Fsp3) is 0.731. The number of fused-ring (bicyclic) bond motifs is 1. The molecule has 3 aliphatic rings. The molecule has 12 nitrogen and oxygen atoms in total. The van der Waals surface area contributed by atoms with Crippen molar-refractivity contribution in [2.75, 3.05) is 18.8 Å².